The second-order valence-electron chi connectivity index (χ2n) is 8.12. The number of carbonyl (C=O) groups excluding carboxylic acids is 2. The van der Waals surface area contributed by atoms with Crippen molar-refractivity contribution in [2.24, 2.45) is 0 Å². The summed E-state index contributed by atoms with van der Waals surface area (Å²) in [6.07, 6.45) is 0.0312. The van der Waals surface area contributed by atoms with Gasteiger partial charge in [0.15, 0.2) is 0 Å². The lowest BCUT2D eigenvalue weighted by Crippen LogP contribution is -2.38. The number of nitrogens with zero attached hydrogens (tertiary/aromatic N) is 2. The molecule has 1 saturated heterocycles. The van der Waals surface area contributed by atoms with Crippen molar-refractivity contribution in [2.75, 3.05) is 26.2 Å². The first-order valence-electron chi connectivity index (χ1n) is 11.2. The van der Waals surface area contributed by atoms with Crippen LogP contribution in [0.5, 0.6) is 5.75 Å². The van der Waals surface area contributed by atoms with Crippen molar-refractivity contribution in [3.05, 3.63) is 71.3 Å². The second-order valence-corrected chi connectivity index (χ2v) is 8.12. The highest BCUT2D eigenvalue weighted by molar-refractivity contribution is 6.46. The van der Waals surface area contributed by atoms with Gasteiger partial charge in [0.05, 0.1) is 17.7 Å². The van der Waals surface area contributed by atoms with Crippen molar-refractivity contribution in [2.45, 2.75) is 39.8 Å². The molecular weight excluding hydrogens is 404 g/mol. The Hall–Kier alpha value is -3.12. The molecule has 1 heterocycles. The summed E-state index contributed by atoms with van der Waals surface area (Å²) in [4.78, 5) is 29.8. The van der Waals surface area contributed by atoms with Gasteiger partial charge in [0.25, 0.3) is 11.7 Å². The number of aliphatic hydroxyl groups is 1. The molecule has 3 rings (SSSR count). The van der Waals surface area contributed by atoms with E-state index in [2.05, 4.69) is 18.7 Å². The van der Waals surface area contributed by atoms with Crippen molar-refractivity contribution in [3.8, 4) is 5.75 Å². The lowest BCUT2D eigenvalue weighted by atomic mass is 9.95. The molecule has 32 heavy (non-hydrogen) atoms. The van der Waals surface area contributed by atoms with Crippen LogP contribution in [-0.2, 0) is 9.59 Å². The van der Waals surface area contributed by atoms with E-state index in [0.29, 0.717) is 24.4 Å². The predicted molar refractivity (Wildman–Crippen MR) is 125 cm³/mol. The maximum absolute atomic E-state index is 13.1. The number of Topliss-reactive ketones (excluding diaryl/α,β-unsaturated/α-hetero) is 1. The van der Waals surface area contributed by atoms with Crippen LogP contribution in [-0.4, -0.2) is 58.9 Å². The van der Waals surface area contributed by atoms with Crippen LogP contribution in [0.15, 0.2) is 60.2 Å². The van der Waals surface area contributed by atoms with Gasteiger partial charge < -0.3 is 19.6 Å². The summed E-state index contributed by atoms with van der Waals surface area (Å²) < 4.78 is 5.66. The minimum atomic E-state index is -0.654. The SMILES string of the molecule is CCN(CC)CCN1C(=O)C(=O)/C(=C(/O)c2ccc(OC(C)C)cc2)[C@@H]1c1ccccc1. The summed E-state index contributed by atoms with van der Waals surface area (Å²) in [6.45, 7) is 10.8. The fraction of sp³-hybridized carbons (Fsp3) is 0.385. The number of hydrogen-bond acceptors (Lipinski definition) is 5. The van der Waals surface area contributed by atoms with Crippen molar-refractivity contribution in [1.29, 1.82) is 0 Å². The van der Waals surface area contributed by atoms with Crippen molar-refractivity contribution in [3.63, 3.8) is 0 Å². The third-order valence-electron chi connectivity index (χ3n) is 5.71. The van der Waals surface area contributed by atoms with Gasteiger partial charge in [-0.15, -0.1) is 0 Å². The van der Waals surface area contributed by atoms with Crippen molar-refractivity contribution in [1.82, 2.24) is 9.80 Å². The van der Waals surface area contributed by atoms with Gasteiger partial charge in [-0.1, -0.05) is 44.2 Å². The van der Waals surface area contributed by atoms with Gasteiger partial charge in [0.2, 0.25) is 0 Å². The Labute approximate surface area is 190 Å². The van der Waals surface area contributed by atoms with Gasteiger partial charge in [-0.25, -0.2) is 0 Å². The smallest absolute Gasteiger partial charge is 0.295 e. The molecule has 0 bridgehead atoms. The van der Waals surface area contributed by atoms with Crippen molar-refractivity contribution >= 4 is 17.4 Å². The van der Waals surface area contributed by atoms with Gasteiger partial charge in [-0.05, 0) is 56.8 Å². The third kappa shape index (κ3) is 5.02. The number of hydrogen-bond donors (Lipinski definition) is 1. The average Bonchev–Trinajstić information content (AvgIpc) is 3.05. The largest absolute Gasteiger partial charge is 0.507 e. The standard InChI is InChI=1S/C26H32N2O4/c1-5-27(6-2)16-17-28-23(19-10-8-7-9-11-19)22(25(30)26(28)31)24(29)20-12-14-21(15-13-20)32-18(3)4/h7-15,18,23,29H,5-6,16-17H2,1-4H3/b24-22+/t23-/m0/s1. The molecule has 2 aromatic carbocycles. The zero-order valence-electron chi connectivity index (χ0n) is 19.2. The fourth-order valence-electron chi connectivity index (χ4n) is 4.00. The van der Waals surface area contributed by atoms with Crippen LogP contribution in [0.25, 0.3) is 5.76 Å². The molecule has 0 unspecified atom stereocenters. The quantitative estimate of drug-likeness (QED) is 0.362. The number of amides is 1. The molecule has 0 aromatic heterocycles. The average molecular weight is 437 g/mol. The highest BCUT2D eigenvalue weighted by Crippen LogP contribution is 2.39. The minimum Gasteiger partial charge on any atom is -0.507 e. The highest BCUT2D eigenvalue weighted by atomic mass is 16.5. The normalized spacial score (nSPS) is 18.1. The van der Waals surface area contributed by atoms with Gasteiger partial charge in [-0.3, -0.25) is 9.59 Å². The van der Waals surface area contributed by atoms with Crippen LogP contribution in [0, 0.1) is 0 Å². The summed E-state index contributed by atoms with van der Waals surface area (Å²) in [5.41, 5.74) is 1.40. The minimum absolute atomic E-state index is 0.0312. The Kier molecular flexibility index (Phi) is 7.70. The Balaban J connectivity index is 2.02. The van der Waals surface area contributed by atoms with E-state index in [0.717, 1.165) is 18.7 Å². The van der Waals surface area contributed by atoms with E-state index in [4.69, 9.17) is 4.74 Å². The Morgan fingerprint density at radius 2 is 1.66 bits per heavy atom. The third-order valence-corrected chi connectivity index (χ3v) is 5.71. The van der Waals surface area contributed by atoms with E-state index >= 15 is 0 Å². The molecule has 0 spiro atoms. The summed E-state index contributed by atoms with van der Waals surface area (Å²) >= 11 is 0. The lowest BCUT2D eigenvalue weighted by molar-refractivity contribution is -0.140. The van der Waals surface area contributed by atoms with Crippen LogP contribution in [0.3, 0.4) is 0 Å². The Bertz CT molecular complexity index is 963. The van der Waals surface area contributed by atoms with Gasteiger partial charge >= 0.3 is 0 Å². The first-order valence-corrected chi connectivity index (χ1v) is 11.2. The lowest BCUT2D eigenvalue weighted by Gasteiger charge is -2.28. The zero-order valence-corrected chi connectivity index (χ0v) is 19.2. The summed E-state index contributed by atoms with van der Waals surface area (Å²) in [5.74, 6) is -0.722. The molecule has 2 aromatic rings. The molecule has 6 nitrogen and oxygen atoms in total. The van der Waals surface area contributed by atoms with Crippen LogP contribution in [0.4, 0.5) is 0 Å². The predicted octanol–water partition coefficient (Wildman–Crippen LogP) is 4.24. The molecule has 170 valence electrons. The molecular formula is C26H32N2O4. The Morgan fingerprint density at radius 1 is 1.03 bits per heavy atom. The molecule has 0 radical (unpaired) electrons. The number of rotatable bonds is 9. The second kappa shape index (κ2) is 10.5. The molecule has 1 aliphatic rings. The molecule has 1 fully saturated rings. The molecule has 1 amide bonds. The number of aliphatic hydroxyl groups excluding tert-OH is 1. The van der Waals surface area contributed by atoms with E-state index in [1.807, 2.05) is 44.2 Å². The van der Waals surface area contributed by atoms with E-state index in [1.165, 1.54) is 0 Å². The number of carbonyl (C=O) groups is 2. The van der Waals surface area contributed by atoms with E-state index in [1.54, 1.807) is 29.2 Å². The maximum atomic E-state index is 13.1. The number of benzene rings is 2. The first-order chi connectivity index (χ1) is 15.4. The molecule has 1 aliphatic heterocycles. The fourth-order valence-corrected chi connectivity index (χ4v) is 4.00. The number of likely N-dealkylation sites (N-methyl/N-ethyl adjacent to an activating group) is 1. The molecule has 1 N–H and O–H groups in total. The van der Waals surface area contributed by atoms with E-state index in [-0.39, 0.29) is 17.4 Å². The molecule has 6 heteroatoms. The Morgan fingerprint density at radius 3 is 2.22 bits per heavy atom. The zero-order chi connectivity index (χ0) is 23.3. The maximum Gasteiger partial charge on any atom is 0.295 e. The summed E-state index contributed by atoms with van der Waals surface area (Å²) in [5, 5.41) is 11.1. The summed E-state index contributed by atoms with van der Waals surface area (Å²) in [6, 6.07) is 15.7. The number of likely N-dealkylation sites (tertiary alicyclic amines) is 1. The van der Waals surface area contributed by atoms with E-state index in [9.17, 15) is 14.7 Å². The van der Waals surface area contributed by atoms with Gasteiger partial charge in [0, 0.05) is 18.7 Å². The molecule has 0 saturated carbocycles. The number of ether oxygens (including phenoxy) is 1. The first kappa shape index (κ1) is 23.5. The van der Waals surface area contributed by atoms with Crippen LogP contribution in [0.2, 0.25) is 0 Å². The van der Waals surface area contributed by atoms with Gasteiger partial charge in [0.1, 0.15) is 11.5 Å². The van der Waals surface area contributed by atoms with Crippen LogP contribution >= 0.6 is 0 Å². The molecule has 0 aliphatic carbocycles. The summed E-state index contributed by atoms with van der Waals surface area (Å²) in [7, 11) is 0. The van der Waals surface area contributed by atoms with Gasteiger partial charge in [-0.2, -0.15) is 0 Å². The monoisotopic (exact) mass is 436 g/mol. The van der Waals surface area contributed by atoms with Crippen LogP contribution < -0.4 is 4.74 Å². The van der Waals surface area contributed by atoms with E-state index < -0.39 is 17.7 Å². The van der Waals surface area contributed by atoms with Crippen LogP contribution in [0.1, 0.15) is 44.9 Å². The van der Waals surface area contributed by atoms with Crippen molar-refractivity contribution < 1.29 is 19.4 Å². The number of ketones is 1. The topological polar surface area (TPSA) is 70.1 Å². The highest BCUT2D eigenvalue weighted by Gasteiger charge is 2.45. The molecule has 1 atom stereocenters.